The zero-order valence-electron chi connectivity index (χ0n) is 28.4. The SMILES string of the molecule is c1ccc(-c2nc3c(-c4nc(-c5ccc6ccccc6c5)nc(-c5ccc6ccccc6c5)n4)cccc3c3c2ccc2sc4ccccc4c23)cc1. The molecule has 0 atom stereocenters. The summed E-state index contributed by atoms with van der Waals surface area (Å²) in [6.07, 6.45) is 0. The van der Waals surface area contributed by atoms with Crippen molar-refractivity contribution in [2.75, 3.05) is 0 Å². The lowest BCUT2D eigenvalue weighted by molar-refractivity contribution is 1.08. The van der Waals surface area contributed by atoms with Crippen LogP contribution in [0.25, 0.3) is 109 Å². The molecule has 246 valence electrons. The van der Waals surface area contributed by atoms with Crippen LogP contribution in [0, 0.1) is 0 Å². The molecular formula is C48H28N4S. The minimum absolute atomic E-state index is 0.588. The largest absolute Gasteiger partial charge is 0.246 e. The fourth-order valence-electron chi connectivity index (χ4n) is 7.74. The number of para-hydroxylation sites is 1. The van der Waals surface area contributed by atoms with Gasteiger partial charge in [-0.3, -0.25) is 0 Å². The van der Waals surface area contributed by atoms with E-state index in [-0.39, 0.29) is 0 Å². The molecule has 0 radical (unpaired) electrons. The van der Waals surface area contributed by atoms with Gasteiger partial charge in [0.15, 0.2) is 17.5 Å². The Kier molecular flexibility index (Phi) is 6.69. The first-order valence-corrected chi connectivity index (χ1v) is 18.5. The molecule has 0 amide bonds. The van der Waals surface area contributed by atoms with Gasteiger partial charge in [-0.05, 0) is 51.9 Å². The van der Waals surface area contributed by atoms with Gasteiger partial charge in [0.2, 0.25) is 0 Å². The summed E-state index contributed by atoms with van der Waals surface area (Å²) in [5.41, 5.74) is 5.61. The van der Waals surface area contributed by atoms with Crippen LogP contribution in [-0.2, 0) is 0 Å². The number of aromatic nitrogens is 4. The van der Waals surface area contributed by atoms with Gasteiger partial charge in [-0.15, -0.1) is 11.3 Å². The molecule has 3 heterocycles. The summed E-state index contributed by atoms with van der Waals surface area (Å²) >= 11 is 1.83. The molecule has 0 bridgehead atoms. The van der Waals surface area contributed by atoms with Crippen LogP contribution in [0.15, 0.2) is 170 Å². The Bertz CT molecular complexity index is 3140. The van der Waals surface area contributed by atoms with E-state index in [0.29, 0.717) is 17.5 Å². The maximum atomic E-state index is 5.51. The molecule has 0 aliphatic heterocycles. The van der Waals surface area contributed by atoms with Crippen LogP contribution in [0.3, 0.4) is 0 Å². The molecule has 0 aliphatic carbocycles. The first-order valence-electron chi connectivity index (χ1n) is 17.7. The van der Waals surface area contributed by atoms with E-state index in [9.17, 15) is 0 Å². The number of thiophene rings is 1. The Morgan fingerprint density at radius 3 is 1.66 bits per heavy atom. The number of hydrogen-bond acceptors (Lipinski definition) is 5. The number of nitrogens with zero attached hydrogens (tertiary/aromatic N) is 4. The molecule has 0 unspecified atom stereocenters. The highest BCUT2D eigenvalue weighted by molar-refractivity contribution is 7.26. The molecule has 11 aromatic rings. The quantitative estimate of drug-likeness (QED) is 0.172. The van der Waals surface area contributed by atoms with Gasteiger partial charge in [0.05, 0.1) is 11.2 Å². The van der Waals surface area contributed by atoms with Gasteiger partial charge in [-0.1, -0.05) is 140 Å². The number of fused-ring (bicyclic) bond motifs is 9. The highest BCUT2D eigenvalue weighted by Crippen LogP contribution is 2.44. The average Bonchev–Trinajstić information content (AvgIpc) is 3.62. The summed E-state index contributed by atoms with van der Waals surface area (Å²) < 4.78 is 2.53. The average molecular weight is 693 g/mol. The molecule has 53 heavy (non-hydrogen) atoms. The van der Waals surface area contributed by atoms with Crippen molar-refractivity contribution in [2.45, 2.75) is 0 Å². The van der Waals surface area contributed by atoms with Gasteiger partial charge in [0, 0.05) is 58.6 Å². The smallest absolute Gasteiger partial charge is 0.166 e. The van der Waals surface area contributed by atoms with Crippen molar-refractivity contribution in [3.63, 3.8) is 0 Å². The van der Waals surface area contributed by atoms with Crippen molar-refractivity contribution in [1.29, 1.82) is 0 Å². The summed E-state index contributed by atoms with van der Waals surface area (Å²) in [6, 6.07) is 59.7. The first kappa shape index (κ1) is 29.9. The number of pyridine rings is 1. The van der Waals surface area contributed by atoms with E-state index in [1.54, 1.807) is 0 Å². The van der Waals surface area contributed by atoms with Gasteiger partial charge >= 0.3 is 0 Å². The van der Waals surface area contributed by atoms with E-state index in [0.717, 1.165) is 55.0 Å². The monoisotopic (exact) mass is 692 g/mol. The topological polar surface area (TPSA) is 51.6 Å². The van der Waals surface area contributed by atoms with E-state index in [1.807, 2.05) is 11.3 Å². The molecule has 0 N–H and O–H groups in total. The van der Waals surface area contributed by atoms with Crippen LogP contribution in [0.4, 0.5) is 0 Å². The second-order valence-corrected chi connectivity index (χ2v) is 14.5. The molecular weight excluding hydrogens is 665 g/mol. The second kappa shape index (κ2) is 11.9. The zero-order valence-corrected chi connectivity index (χ0v) is 29.2. The molecule has 0 fully saturated rings. The van der Waals surface area contributed by atoms with Gasteiger partial charge in [0.25, 0.3) is 0 Å². The van der Waals surface area contributed by atoms with E-state index >= 15 is 0 Å². The second-order valence-electron chi connectivity index (χ2n) is 13.4. The Labute approximate surface area is 308 Å². The first-order chi connectivity index (χ1) is 26.2. The van der Waals surface area contributed by atoms with Crippen molar-refractivity contribution in [3.8, 4) is 45.4 Å². The lowest BCUT2D eigenvalue weighted by Crippen LogP contribution is -2.01. The molecule has 0 spiro atoms. The van der Waals surface area contributed by atoms with Crippen LogP contribution in [0.5, 0.6) is 0 Å². The van der Waals surface area contributed by atoms with Gasteiger partial charge in [-0.25, -0.2) is 19.9 Å². The van der Waals surface area contributed by atoms with Crippen molar-refractivity contribution in [3.05, 3.63) is 170 Å². The standard InChI is InChI=1S/C48H28N4S/c1-2-13-31(14-3-1)44-38-25-26-41-43(36-17-8-9-20-40(36)53-41)42(38)37-18-10-19-39(45(37)49-44)48-51-46(34-23-21-29-11-4-6-15-32(29)27-34)50-47(52-48)35-24-22-30-12-5-7-16-33(30)28-35/h1-28H. The Morgan fingerprint density at radius 1 is 0.340 bits per heavy atom. The minimum atomic E-state index is 0.588. The van der Waals surface area contributed by atoms with E-state index in [2.05, 4.69) is 170 Å². The van der Waals surface area contributed by atoms with Gasteiger partial charge in [0.1, 0.15) is 0 Å². The third-order valence-corrected chi connectivity index (χ3v) is 11.4. The normalized spacial score (nSPS) is 11.8. The molecule has 0 saturated heterocycles. The maximum absolute atomic E-state index is 5.51. The van der Waals surface area contributed by atoms with Crippen LogP contribution >= 0.6 is 11.3 Å². The molecule has 8 aromatic carbocycles. The maximum Gasteiger partial charge on any atom is 0.166 e. The lowest BCUT2D eigenvalue weighted by atomic mass is 9.95. The van der Waals surface area contributed by atoms with Crippen LogP contribution in [-0.4, -0.2) is 19.9 Å². The fraction of sp³-hybridized carbons (Fsp3) is 0. The highest BCUT2D eigenvalue weighted by atomic mass is 32.1. The Hall–Kier alpha value is -6.82. The van der Waals surface area contributed by atoms with Crippen molar-refractivity contribution in [2.24, 2.45) is 0 Å². The fourth-order valence-corrected chi connectivity index (χ4v) is 8.85. The van der Waals surface area contributed by atoms with Crippen LogP contribution < -0.4 is 0 Å². The third-order valence-electron chi connectivity index (χ3n) is 10.3. The Morgan fingerprint density at radius 2 is 0.943 bits per heavy atom. The van der Waals surface area contributed by atoms with Crippen molar-refractivity contribution in [1.82, 2.24) is 19.9 Å². The summed E-state index contributed by atoms with van der Waals surface area (Å²) in [7, 11) is 0. The van der Waals surface area contributed by atoms with Gasteiger partial charge < -0.3 is 0 Å². The van der Waals surface area contributed by atoms with Crippen molar-refractivity contribution >= 4 is 74.7 Å². The number of rotatable bonds is 4. The summed E-state index contributed by atoms with van der Waals surface area (Å²) in [4.78, 5) is 21.1. The lowest BCUT2D eigenvalue weighted by Gasteiger charge is -2.15. The van der Waals surface area contributed by atoms with Crippen LogP contribution in [0.2, 0.25) is 0 Å². The molecule has 5 heteroatoms. The molecule has 3 aromatic heterocycles. The Balaban J connectivity index is 1.23. The summed E-state index contributed by atoms with van der Waals surface area (Å²) in [5, 5.41) is 10.5. The minimum Gasteiger partial charge on any atom is -0.246 e. The molecule has 4 nitrogen and oxygen atoms in total. The predicted molar refractivity (Wildman–Crippen MR) is 222 cm³/mol. The van der Waals surface area contributed by atoms with E-state index in [1.165, 1.54) is 36.3 Å². The van der Waals surface area contributed by atoms with E-state index < -0.39 is 0 Å². The van der Waals surface area contributed by atoms with Crippen LogP contribution in [0.1, 0.15) is 0 Å². The van der Waals surface area contributed by atoms with Gasteiger partial charge in [-0.2, -0.15) is 0 Å². The van der Waals surface area contributed by atoms with E-state index in [4.69, 9.17) is 19.9 Å². The third kappa shape index (κ3) is 4.90. The molecule has 0 aliphatic rings. The summed E-state index contributed by atoms with van der Waals surface area (Å²) in [6.45, 7) is 0. The number of hydrogen-bond donors (Lipinski definition) is 0. The molecule has 0 saturated carbocycles. The molecule has 11 rings (SSSR count). The zero-order chi connectivity index (χ0) is 34.9. The highest BCUT2D eigenvalue weighted by Gasteiger charge is 2.21. The predicted octanol–water partition coefficient (Wildman–Crippen LogP) is 12.9. The summed E-state index contributed by atoms with van der Waals surface area (Å²) in [5.74, 6) is 1.83. The number of benzene rings is 8. The van der Waals surface area contributed by atoms with Crippen molar-refractivity contribution < 1.29 is 0 Å².